The predicted octanol–water partition coefficient (Wildman–Crippen LogP) is 5.40. The molecule has 1 N–H and O–H groups in total. The number of hydrogen-bond donors (Lipinski definition) is 1. The molecule has 1 nitrogen and oxygen atoms in total. The van der Waals surface area contributed by atoms with E-state index in [1.165, 1.54) is 22.9 Å². The molecule has 0 heterocycles. The smallest absolute Gasteiger partial charge is 0.125 e. The molecule has 0 radical (unpaired) electrons. The predicted molar refractivity (Wildman–Crippen MR) is 95.9 cm³/mol. The summed E-state index contributed by atoms with van der Waals surface area (Å²) in [7, 11) is -1.26. The van der Waals surface area contributed by atoms with Gasteiger partial charge in [0, 0.05) is 11.0 Å². The highest BCUT2D eigenvalue weighted by Gasteiger charge is 2.15. The Bertz CT molecular complexity index is 615. The molecular weight excluding hydrogens is 369 g/mol. The Hall–Kier alpha value is -0.843. The molecule has 5 heteroatoms. The minimum atomic E-state index is -1.26. The zero-order valence-corrected chi connectivity index (χ0v) is 15.6. The van der Waals surface area contributed by atoms with E-state index in [9.17, 15) is 4.39 Å². The zero-order chi connectivity index (χ0) is 15.6. The molecule has 0 aromatic heterocycles. The minimum Gasteiger partial charge on any atom is -0.379 e. The average Bonchev–Trinajstić information content (AvgIpc) is 2.37. The monoisotopic (exact) mass is 385 g/mol. The summed E-state index contributed by atoms with van der Waals surface area (Å²) in [5.74, 6) is -0.350. The van der Waals surface area contributed by atoms with Crippen molar-refractivity contribution in [1.82, 2.24) is 0 Å². The van der Waals surface area contributed by atoms with Crippen molar-refractivity contribution in [2.45, 2.75) is 26.2 Å². The van der Waals surface area contributed by atoms with Crippen molar-refractivity contribution < 1.29 is 4.39 Å². The van der Waals surface area contributed by atoms with Crippen molar-refractivity contribution in [2.24, 2.45) is 0 Å². The van der Waals surface area contributed by atoms with Crippen LogP contribution >= 0.6 is 27.5 Å². The fraction of sp³-hybridized carbons (Fsp3) is 0.250. The Balaban J connectivity index is 2.10. The molecule has 0 amide bonds. The van der Waals surface area contributed by atoms with Crippen LogP contribution in [0.2, 0.25) is 24.7 Å². The number of anilines is 1. The van der Waals surface area contributed by atoms with Crippen LogP contribution in [0.3, 0.4) is 0 Å². The van der Waals surface area contributed by atoms with E-state index in [0.717, 1.165) is 0 Å². The van der Waals surface area contributed by atoms with Gasteiger partial charge in [-0.1, -0.05) is 60.7 Å². The van der Waals surface area contributed by atoms with E-state index in [1.807, 2.05) is 0 Å². The largest absolute Gasteiger partial charge is 0.379 e. The van der Waals surface area contributed by atoms with E-state index in [4.69, 9.17) is 11.6 Å². The van der Waals surface area contributed by atoms with E-state index in [-0.39, 0.29) is 5.82 Å². The standard InChI is InChI=1S/C16H18BrClFNSi/c1-21(2,3)13-6-4-11(5-7-13)10-20-16-14(17)8-12(19)9-15(16)18/h4-9,20H,10H2,1-3H3. The highest BCUT2D eigenvalue weighted by atomic mass is 79.9. The first-order valence-electron chi connectivity index (χ1n) is 6.75. The van der Waals surface area contributed by atoms with Crippen LogP contribution in [0.4, 0.5) is 10.1 Å². The van der Waals surface area contributed by atoms with Gasteiger partial charge in [-0.2, -0.15) is 0 Å². The molecule has 0 aliphatic carbocycles. The molecule has 0 spiro atoms. The molecule has 0 bridgehead atoms. The summed E-state index contributed by atoms with van der Waals surface area (Å²) in [6, 6.07) is 11.4. The molecule has 21 heavy (non-hydrogen) atoms. The normalized spacial score (nSPS) is 11.5. The lowest BCUT2D eigenvalue weighted by molar-refractivity contribution is 0.627. The van der Waals surface area contributed by atoms with Gasteiger partial charge in [-0.3, -0.25) is 0 Å². The molecule has 2 aromatic rings. The Morgan fingerprint density at radius 1 is 1.14 bits per heavy atom. The van der Waals surface area contributed by atoms with E-state index in [2.05, 4.69) is 65.2 Å². The van der Waals surface area contributed by atoms with E-state index in [1.54, 1.807) is 0 Å². The molecule has 0 fully saturated rings. The summed E-state index contributed by atoms with van der Waals surface area (Å²) in [5.41, 5.74) is 1.89. The summed E-state index contributed by atoms with van der Waals surface area (Å²) >= 11 is 9.39. The van der Waals surface area contributed by atoms with Gasteiger partial charge in [0.25, 0.3) is 0 Å². The Kier molecular flexibility index (Phi) is 5.12. The zero-order valence-electron chi connectivity index (χ0n) is 12.3. The molecule has 0 saturated carbocycles. The lowest BCUT2D eigenvalue weighted by Crippen LogP contribution is -2.37. The summed E-state index contributed by atoms with van der Waals surface area (Å²) in [6.07, 6.45) is 0. The fourth-order valence-corrected chi connectivity index (χ4v) is 4.15. The van der Waals surface area contributed by atoms with Gasteiger partial charge in [-0.05, 0) is 33.6 Å². The highest BCUT2D eigenvalue weighted by molar-refractivity contribution is 9.10. The highest BCUT2D eigenvalue weighted by Crippen LogP contribution is 2.31. The van der Waals surface area contributed by atoms with E-state index >= 15 is 0 Å². The van der Waals surface area contributed by atoms with Gasteiger partial charge >= 0.3 is 0 Å². The fourth-order valence-electron chi connectivity index (χ4n) is 2.02. The van der Waals surface area contributed by atoms with Crippen LogP contribution in [0, 0.1) is 5.82 Å². The van der Waals surface area contributed by atoms with Crippen LogP contribution in [0.25, 0.3) is 0 Å². The van der Waals surface area contributed by atoms with Gasteiger partial charge in [-0.15, -0.1) is 0 Å². The third-order valence-corrected chi connectivity index (χ3v) is 6.29. The van der Waals surface area contributed by atoms with Gasteiger partial charge in [0.15, 0.2) is 0 Å². The number of benzene rings is 2. The third-order valence-electron chi connectivity index (χ3n) is 3.30. The van der Waals surface area contributed by atoms with Crippen LogP contribution < -0.4 is 10.5 Å². The average molecular weight is 387 g/mol. The lowest BCUT2D eigenvalue weighted by Gasteiger charge is -2.17. The maximum Gasteiger partial charge on any atom is 0.125 e. The van der Waals surface area contributed by atoms with Gasteiger partial charge in [0.05, 0.1) is 18.8 Å². The second-order valence-corrected chi connectivity index (χ2v) is 12.4. The van der Waals surface area contributed by atoms with E-state index in [0.29, 0.717) is 21.7 Å². The first kappa shape index (κ1) is 16.5. The Morgan fingerprint density at radius 2 is 1.76 bits per heavy atom. The second-order valence-electron chi connectivity index (χ2n) is 6.04. The summed E-state index contributed by atoms with van der Waals surface area (Å²) < 4.78 is 13.8. The first-order valence-corrected chi connectivity index (χ1v) is 11.4. The van der Waals surface area contributed by atoms with Crippen molar-refractivity contribution in [1.29, 1.82) is 0 Å². The van der Waals surface area contributed by atoms with Crippen LogP contribution in [-0.4, -0.2) is 8.07 Å². The third kappa shape index (κ3) is 4.31. The number of halogens is 3. The van der Waals surface area contributed by atoms with Crippen molar-refractivity contribution >= 4 is 46.5 Å². The summed E-state index contributed by atoms with van der Waals surface area (Å²) in [4.78, 5) is 0. The SMILES string of the molecule is C[Si](C)(C)c1ccc(CNc2c(Cl)cc(F)cc2Br)cc1. The van der Waals surface area contributed by atoms with Crippen molar-refractivity contribution in [3.05, 3.63) is 57.3 Å². The van der Waals surface area contributed by atoms with Gasteiger partial charge < -0.3 is 5.32 Å². The number of hydrogen-bond acceptors (Lipinski definition) is 1. The molecular formula is C16H18BrClFNSi. The second kappa shape index (κ2) is 6.51. The van der Waals surface area contributed by atoms with E-state index < -0.39 is 8.07 Å². The Labute approximate surface area is 139 Å². The van der Waals surface area contributed by atoms with Crippen LogP contribution in [-0.2, 0) is 6.54 Å². The summed E-state index contributed by atoms with van der Waals surface area (Å²) in [6.45, 7) is 7.64. The maximum atomic E-state index is 13.2. The molecule has 2 aromatic carbocycles. The Morgan fingerprint density at radius 3 is 2.29 bits per heavy atom. The molecule has 0 unspecified atom stereocenters. The van der Waals surface area contributed by atoms with Gasteiger partial charge in [0.1, 0.15) is 5.82 Å². The van der Waals surface area contributed by atoms with Crippen LogP contribution in [0.1, 0.15) is 5.56 Å². The van der Waals surface area contributed by atoms with Crippen molar-refractivity contribution in [2.75, 3.05) is 5.32 Å². The quantitative estimate of drug-likeness (QED) is 0.694. The topological polar surface area (TPSA) is 12.0 Å². The summed E-state index contributed by atoms with van der Waals surface area (Å²) in [5, 5.41) is 5.06. The van der Waals surface area contributed by atoms with Gasteiger partial charge in [-0.25, -0.2) is 4.39 Å². The first-order chi connectivity index (χ1) is 9.77. The molecule has 0 aliphatic heterocycles. The van der Waals surface area contributed by atoms with Crippen molar-refractivity contribution in [3.63, 3.8) is 0 Å². The number of rotatable bonds is 4. The molecule has 112 valence electrons. The van der Waals surface area contributed by atoms with Gasteiger partial charge in [0.2, 0.25) is 0 Å². The molecule has 0 aliphatic rings. The minimum absolute atomic E-state index is 0.350. The van der Waals surface area contributed by atoms with Crippen molar-refractivity contribution in [3.8, 4) is 0 Å². The number of nitrogens with one attached hydrogen (secondary N) is 1. The molecule has 2 rings (SSSR count). The maximum absolute atomic E-state index is 13.2. The molecule has 0 atom stereocenters. The lowest BCUT2D eigenvalue weighted by atomic mass is 10.2. The van der Waals surface area contributed by atoms with Crippen LogP contribution in [0.15, 0.2) is 40.9 Å². The van der Waals surface area contributed by atoms with Crippen LogP contribution in [0.5, 0.6) is 0 Å². The molecule has 0 saturated heterocycles.